The van der Waals surface area contributed by atoms with Crippen molar-refractivity contribution in [2.75, 3.05) is 19.6 Å². The monoisotopic (exact) mass is 328 g/mol. The van der Waals surface area contributed by atoms with Gasteiger partial charge in [0.15, 0.2) is 0 Å². The molecule has 0 radical (unpaired) electrons. The maximum absolute atomic E-state index is 11.4. The number of halogens is 3. The molecule has 0 spiro atoms. The summed E-state index contributed by atoms with van der Waals surface area (Å²) < 4.78 is 36.9. The summed E-state index contributed by atoms with van der Waals surface area (Å²) in [7, 11) is 0. The zero-order valence-corrected chi connectivity index (χ0v) is 12.9. The predicted molar refractivity (Wildman–Crippen MR) is 73.5 cm³/mol. The normalized spacial score (nSPS) is 16.3. The summed E-state index contributed by atoms with van der Waals surface area (Å²) in [6.07, 6.45) is -3.12. The van der Waals surface area contributed by atoms with Crippen LogP contribution in [0.3, 0.4) is 0 Å². The third kappa shape index (κ3) is 11.2. The largest absolute Gasteiger partial charge is 0.490 e. The number of piperidine rings is 1. The number of aliphatic carboxylic acids is 1. The van der Waals surface area contributed by atoms with Gasteiger partial charge in [-0.25, -0.2) is 9.59 Å². The molecule has 0 aliphatic carbocycles. The molecule has 0 aromatic rings. The molecule has 3 N–H and O–H groups in total. The van der Waals surface area contributed by atoms with Gasteiger partial charge in [-0.2, -0.15) is 13.2 Å². The van der Waals surface area contributed by atoms with Gasteiger partial charge in [-0.3, -0.25) is 0 Å². The van der Waals surface area contributed by atoms with Crippen molar-refractivity contribution < 1.29 is 32.6 Å². The molecule has 0 bridgehead atoms. The second-order valence-corrected chi connectivity index (χ2v) is 5.88. The van der Waals surface area contributed by atoms with Crippen LogP contribution in [0.5, 0.6) is 0 Å². The van der Waals surface area contributed by atoms with Gasteiger partial charge in [0.25, 0.3) is 0 Å². The number of amides is 1. The number of alkyl halides is 3. The second-order valence-electron chi connectivity index (χ2n) is 5.88. The van der Waals surface area contributed by atoms with Gasteiger partial charge in [0, 0.05) is 6.54 Å². The van der Waals surface area contributed by atoms with E-state index in [4.69, 9.17) is 14.6 Å². The summed E-state index contributed by atoms with van der Waals surface area (Å²) in [5, 5.41) is 13.2. The smallest absolute Gasteiger partial charge is 0.475 e. The molecule has 0 atom stereocenters. The molecule has 1 heterocycles. The molecule has 1 aliphatic rings. The Morgan fingerprint density at radius 1 is 1.23 bits per heavy atom. The van der Waals surface area contributed by atoms with Gasteiger partial charge < -0.3 is 20.5 Å². The Labute approximate surface area is 127 Å². The van der Waals surface area contributed by atoms with Crippen molar-refractivity contribution in [3.05, 3.63) is 0 Å². The maximum Gasteiger partial charge on any atom is 0.490 e. The summed E-state index contributed by atoms with van der Waals surface area (Å²) in [6.45, 7) is 8.46. The van der Waals surface area contributed by atoms with Crippen LogP contribution in [0.4, 0.5) is 18.0 Å². The van der Waals surface area contributed by atoms with Crippen molar-refractivity contribution in [1.82, 2.24) is 10.6 Å². The number of nitrogens with one attached hydrogen (secondary N) is 2. The summed E-state index contributed by atoms with van der Waals surface area (Å²) in [4.78, 5) is 20.2. The first-order valence-electron chi connectivity index (χ1n) is 6.89. The predicted octanol–water partition coefficient (Wildman–Crippen LogP) is 2.14. The first-order valence-corrected chi connectivity index (χ1v) is 6.89. The first kappa shape index (κ1) is 20.5. The minimum Gasteiger partial charge on any atom is -0.475 e. The first-order chi connectivity index (χ1) is 9.92. The zero-order valence-electron chi connectivity index (χ0n) is 12.9. The molecule has 0 unspecified atom stereocenters. The molecule has 0 aromatic heterocycles. The number of carbonyl (C=O) groups excluding carboxylic acids is 1. The topological polar surface area (TPSA) is 87.7 Å². The van der Waals surface area contributed by atoms with E-state index in [0.29, 0.717) is 5.92 Å². The number of hydrogen-bond acceptors (Lipinski definition) is 4. The number of ether oxygens (including phenoxy) is 1. The van der Waals surface area contributed by atoms with E-state index in [9.17, 15) is 18.0 Å². The summed E-state index contributed by atoms with van der Waals surface area (Å²) in [5.41, 5.74) is -0.405. The van der Waals surface area contributed by atoms with Gasteiger partial charge in [-0.15, -0.1) is 0 Å². The van der Waals surface area contributed by atoms with E-state index in [1.54, 1.807) is 0 Å². The molecule has 1 fully saturated rings. The molecule has 0 saturated carbocycles. The van der Waals surface area contributed by atoms with Crippen LogP contribution in [0.25, 0.3) is 0 Å². The van der Waals surface area contributed by atoms with Crippen molar-refractivity contribution in [1.29, 1.82) is 0 Å². The summed E-state index contributed by atoms with van der Waals surface area (Å²) in [6, 6.07) is 0. The van der Waals surface area contributed by atoms with Crippen LogP contribution in [0, 0.1) is 5.92 Å². The Bertz CT molecular complexity index is 361. The molecule has 9 heteroatoms. The number of hydrogen-bond donors (Lipinski definition) is 3. The van der Waals surface area contributed by atoms with Crippen LogP contribution in [-0.4, -0.2) is 48.6 Å². The van der Waals surface area contributed by atoms with Crippen LogP contribution in [-0.2, 0) is 9.53 Å². The minimum absolute atomic E-state index is 0.305. The van der Waals surface area contributed by atoms with Crippen molar-refractivity contribution in [3.8, 4) is 0 Å². The lowest BCUT2D eigenvalue weighted by molar-refractivity contribution is -0.192. The Hall–Kier alpha value is -1.51. The molecule has 1 aliphatic heterocycles. The molecular formula is C13H23F3N2O4. The number of carboxylic acids is 1. The van der Waals surface area contributed by atoms with Gasteiger partial charge in [-0.1, -0.05) is 0 Å². The molecule has 1 amide bonds. The van der Waals surface area contributed by atoms with Crippen LogP contribution < -0.4 is 10.6 Å². The number of alkyl carbamates (subject to hydrolysis) is 1. The van der Waals surface area contributed by atoms with E-state index in [1.807, 2.05) is 20.8 Å². The van der Waals surface area contributed by atoms with Gasteiger partial charge in [0.05, 0.1) is 0 Å². The summed E-state index contributed by atoms with van der Waals surface area (Å²) in [5.74, 6) is -2.16. The fourth-order valence-corrected chi connectivity index (χ4v) is 1.63. The van der Waals surface area contributed by atoms with E-state index >= 15 is 0 Å². The van der Waals surface area contributed by atoms with Crippen molar-refractivity contribution in [3.63, 3.8) is 0 Å². The van der Waals surface area contributed by atoms with Crippen LogP contribution in [0.1, 0.15) is 33.6 Å². The van der Waals surface area contributed by atoms with Gasteiger partial charge >= 0.3 is 18.2 Å². The third-order valence-corrected chi connectivity index (χ3v) is 2.64. The number of rotatable bonds is 2. The van der Waals surface area contributed by atoms with Crippen LogP contribution >= 0.6 is 0 Å². The van der Waals surface area contributed by atoms with Crippen LogP contribution in [0.2, 0.25) is 0 Å². The second kappa shape index (κ2) is 8.82. The van der Waals surface area contributed by atoms with E-state index in [0.717, 1.165) is 32.5 Å². The molecular weight excluding hydrogens is 305 g/mol. The zero-order chi connectivity index (χ0) is 17.4. The Kier molecular flexibility index (Phi) is 8.21. The SMILES string of the molecule is CC(C)(C)OC(=O)NCC1CCNCC1.O=C(O)C(F)(F)F. The highest BCUT2D eigenvalue weighted by Crippen LogP contribution is 2.13. The highest BCUT2D eigenvalue weighted by Gasteiger charge is 2.38. The lowest BCUT2D eigenvalue weighted by atomic mass is 9.98. The number of carboxylic acid groups (broad SMARTS) is 1. The van der Waals surface area contributed by atoms with E-state index in [2.05, 4.69) is 10.6 Å². The Balaban J connectivity index is 0.000000534. The van der Waals surface area contributed by atoms with Gasteiger partial charge in [-0.05, 0) is 52.6 Å². The fourth-order valence-electron chi connectivity index (χ4n) is 1.63. The molecule has 1 saturated heterocycles. The van der Waals surface area contributed by atoms with E-state index in [-0.39, 0.29) is 6.09 Å². The molecule has 22 heavy (non-hydrogen) atoms. The average Bonchev–Trinajstić information content (AvgIpc) is 2.35. The average molecular weight is 328 g/mol. The standard InChI is InChI=1S/C11H22N2O2.C2HF3O2/c1-11(2,3)15-10(14)13-8-9-4-6-12-7-5-9;3-2(4,5)1(6)7/h9,12H,4-8H2,1-3H3,(H,13,14);(H,6,7). The molecule has 6 nitrogen and oxygen atoms in total. The Morgan fingerprint density at radius 2 is 1.68 bits per heavy atom. The third-order valence-electron chi connectivity index (χ3n) is 2.64. The Morgan fingerprint density at radius 3 is 2.05 bits per heavy atom. The van der Waals surface area contributed by atoms with Crippen molar-refractivity contribution in [2.45, 2.75) is 45.4 Å². The highest BCUT2D eigenvalue weighted by molar-refractivity contribution is 5.73. The fraction of sp³-hybridized carbons (Fsp3) is 0.846. The lowest BCUT2D eigenvalue weighted by Gasteiger charge is -2.24. The highest BCUT2D eigenvalue weighted by atomic mass is 19.4. The van der Waals surface area contributed by atoms with Crippen molar-refractivity contribution >= 4 is 12.1 Å². The molecule has 0 aromatic carbocycles. The quantitative estimate of drug-likeness (QED) is 0.723. The number of carbonyl (C=O) groups is 2. The molecule has 130 valence electrons. The van der Waals surface area contributed by atoms with Crippen LogP contribution in [0.15, 0.2) is 0 Å². The van der Waals surface area contributed by atoms with Gasteiger partial charge in [0.1, 0.15) is 5.60 Å². The minimum atomic E-state index is -5.08. The molecule has 1 rings (SSSR count). The van der Waals surface area contributed by atoms with E-state index in [1.165, 1.54) is 0 Å². The van der Waals surface area contributed by atoms with Crippen molar-refractivity contribution in [2.24, 2.45) is 5.92 Å². The van der Waals surface area contributed by atoms with E-state index < -0.39 is 17.7 Å². The lowest BCUT2D eigenvalue weighted by Crippen LogP contribution is -2.38. The maximum atomic E-state index is 11.4. The summed E-state index contributed by atoms with van der Waals surface area (Å²) >= 11 is 0. The van der Waals surface area contributed by atoms with Gasteiger partial charge in [0.2, 0.25) is 0 Å².